The molecule has 0 bridgehead atoms. The van der Waals surface area contributed by atoms with E-state index in [2.05, 4.69) is 4.98 Å². The summed E-state index contributed by atoms with van der Waals surface area (Å²) in [6.45, 7) is 0. The van der Waals surface area contributed by atoms with Crippen LogP contribution in [-0.4, -0.2) is 20.5 Å². The van der Waals surface area contributed by atoms with E-state index in [1.165, 1.54) is 11.3 Å². The molecule has 0 spiro atoms. The van der Waals surface area contributed by atoms with Gasteiger partial charge in [-0.2, -0.15) is 0 Å². The zero-order chi connectivity index (χ0) is 11.8. The second-order valence-electron chi connectivity index (χ2n) is 3.55. The number of rotatable bonds is 3. The normalized spacial score (nSPS) is 11.1. The van der Waals surface area contributed by atoms with Crippen LogP contribution in [0.15, 0.2) is 34.4 Å². The Bertz CT molecular complexity index is 666. The van der Waals surface area contributed by atoms with Crippen molar-refractivity contribution in [2.45, 2.75) is 6.42 Å². The van der Waals surface area contributed by atoms with Crippen molar-refractivity contribution in [1.29, 1.82) is 0 Å². The Kier molecular flexibility index (Phi) is 2.22. The molecule has 0 aliphatic heterocycles. The minimum Gasteiger partial charge on any atom is -0.481 e. The molecule has 0 unspecified atom stereocenters. The fourth-order valence-corrected chi connectivity index (χ4v) is 2.53. The smallest absolute Gasteiger partial charge is 0.309 e. The van der Waals surface area contributed by atoms with E-state index < -0.39 is 5.97 Å². The molecule has 86 valence electrons. The van der Waals surface area contributed by atoms with E-state index in [0.29, 0.717) is 11.5 Å². The minimum atomic E-state index is -0.849. The van der Waals surface area contributed by atoms with Crippen LogP contribution in [0.2, 0.25) is 0 Å². The van der Waals surface area contributed by atoms with Crippen molar-refractivity contribution in [2.75, 3.05) is 0 Å². The third-order valence-electron chi connectivity index (χ3n) is 2.39. The average Bonchev–Trinajstić information content (AvgIpc) is 2.93. The summed E-state index contributed by atoms with van der Waals surface area (Å²) in [5.74, 6) is -0.167. The predicted octanol–water partition coefficient (Wildman–Crippen LogP) is 2.28. The van der Waals surface area contributed by atoms with Gasteiger partial charge in [0.15, 0.2) is 10.7 Å². The van der Waals surface area contributed by atoms with Crippen LogP contribution in [0.4, 0.5) is 0 Å². The van der Waals surface area contributed by atoms with E-state index in [0.717, 1.165) is 10.7 Å². The van der Waals surface area contributed by atoms with Crippen LogP contribution < -0.4 is 0 Å². The molecular formula is C11H8N2O3S. The monoisotopic (exact) mass is 248 g/mol. The number of carboxylic acid groups (broad SMARTS) is 1. The lowest BCUT2D eigenvalue weighted by atomic mass is 10.3. The molecule has 3 aromatic rings. The van der Waals surface area contributed by atoms with E-state index in [4.69, 9.17) is 9.52 Å². The quantitative estimate of drug-likeness (QED) is 0.772. The van der Waals surface area contributed by atoms with Crippen molar-refractivity contribution in [2.24, 2.45) is 0 Å². The summed E-state index contributed by atoms with van der Waals surface area (Å²) in [7, 11) is 0. The molecule has 0 saturated carbocycles. The van der Waals surface area contributed by atoms with Gasteiger partial charge in [0.2, 0.25) is 0 Å². The van der Waals surface area contributed by atoms with Crippen molar-refractivity contribution in [3.05, 3.63) is 35.7 Å². The van der Waals surface area contributed by atoms with E-state index in [1.807, 2.05) is 11.4 Å². The maximum absolute atomic E-state index is 10.7. The van der Waals surface area contributed by atoms with Crippen molar-refractivity contribution in [1.82, 2.24) is 9.38 Å². The standard InChI is InChI=1S/C11H8N2O3S/c14-10(15)4-7-6-17-11-12-8(5-13(7)11)9-2-1-3-16-9/h1-3,5-6H,4H2,(H,14,15). The average molecular weight is 248 g/mol. The molecule has 3 aromatic heterocycles. The fraction of sp³-hybridized carbons (Fsp3) is 0.0909. The van der Waals surface area contributed by atoms with Crippen LogP contribution in [0.3, 0.4) is 0 Å². The Balaban J connectivity index is 2.08. The highest BCUT2D eigenvalue weighted by atomic mass is 32.1. The first kappa shape index (κ1) is 10.1. The highest BCUT2D eigenvalue weighted by molar-refractivity contribution is 7.15. The number of thiazole rings is 1. The Labute approximate surface area is 99.9 Å². The molecule has 0 amide bonds. The number of aromatic nitrogens is 2. The molecule has 1 N–H and O–H groups in total. The second-order valence-corrected chi connectivity index (χ2v) is 4.39. The highest BCUT2D eigenvalue weighted by Gasteiger charge is 2.12. The van der Waals surface area contributed by atoms with Gasteiger partial charge in [-0.15, -0.1) is 11.3 Å². The number of hydrogen-bond donors (Lipinski definition) is 1. The number of fused-ring (bicyclic) bond motifs is 1. The molecule has 0 atom stereocenters. The Morgan fingerprint density at radius 2 is 2.47 bits per heavy atom. The fourth-order valence-electron chi connectivity index (χ4n) is 1.65. The Morgan fingerprint density at radius 1 is 1.59 bits per heavy atom. The van der Waals surface area contributed by atoms with Gasteiger partial charge >= 0.3 is 5.97 Å². The molecule has 0 aliphatic carbocycles. The van der Waals surface area contributed by atoms with Crippen LogP contribution in [-0.2, 0) is 11.2 Å². The summed E-state index contributed by atoms with van der Waals surface area (Å²) in [6, 6.07) is 3.62. The molecule has 0 aromatic carbocycles. The lowest BCUT2D eigenvalue weighted by Crippen LogP contribution is -2.02. The molecule has 0 fully saturated rings. The van der Waals surface area contributed by atoms with Crippen molar-refractivity contribution in [3.63, 3.8) is 0 Å². The van der Waals surface area contributed by atoms with E-state index in [-0.39, 0.29) is 6.42 Å². The van der Waals surface area contributed by atoms with Gasteiger partial charge in [-0.25, -0.2) is 4.98 Å². The summed E-state index contributed by atoms with van der Waals surface area (Å²) < 4.78 is 7.04. The summed E-state index contributed by atoms with van der Waals surface area (Å²) in [6.07, 6.45) is 3.37. The van der Waals surface area contributed by atoms with Gasteiger partial charge in [0, 0.05) is 17.3 Å². The van der Waals surface area contributed by atoms with Gasteiger partial charge in [-0.05, 0) is 12.1 Å². The van der Waals surface area contributed by atoms with Crippen molar-refractivity contribution >= 4 is 22.3 Å². The van der Waals surface area contributed by atoms with Gasteiger partial charge in [0.1, 0.15) is 5.69 Å². The van der Waals surface area contributed by atoms with Gasteiger partial charge in [-0.3, -0.25) is 9.20 Å². The summed E-state index contributed by atoms with van der Waals surface area (Å²) >= 11 is 1.42. The maximum atomic E-state index is 10.7. The number of aliphatic carboxylic acids is 1. The zero-order valence-corrected chi connectivity index (χ0v) is 9.48. The first-order valence-electron chi connectivity index (χ1n) is 4.95. The van der Waals surface area contributed by atoms with E-state index >= 15 is 0 Å². The van der Waals surface area contributed by atoms with Crippen molar-refractivity contribution in [3.8, 4) is 11.5 Å². The molecule has 0 saturated heterocycles. The number of furan rings is 1. The molecule has 0 aliphatic rings. The van der Waals surface area contributed by atoms with E-state index in [9.17, 15) is 4.79 Å². The topological polar surface area (TPSA) is 67.7 Å². The molecule has 3 rings (SSSR count). The molecule has 0 radical (unpaired) electrons. The number of nitrogens with zero attached hydrogens (tertiary/aromatic N) is 2. The van der Waals surface area contributed by atoms with Crippen LogP contribution in [0.1, 0.15) is 5.69 Å². The number of imidazole rings is 1. The first-order chi connectivity index (χ1) is 8.24. The third kappa shape index (κ3) is 1.72. The lowest BCUT2D eigenvalue weighted by molar-refractivity contribution is -0.136. The van der Waals surface area contributed by atoms with Crippen LogP contribution in [0.5, 0.6) is 0 Å². The molecule has 6 heteroatoms. The Morgan fingerprint density at radius 3 is 3.18 bits per heavy atom. The molecular weight excluding hydrogens is 240 g/mol. The molecule has 3 heterocycles. The largest absolute Gasteiger partial charge is 0.481 e. The predicted molar refractivity (Wildman–Crippen MR) is 62.1 cm³/mol. The first-order valence-corrected chi connectivity index (χ1v) is 5.83. The molecule has 17 heavy (non-hydrogen) atoms. The summed E-state index contributed by atoms with van der Waals surface area (Å²) in [5.41, 5.74) is 1.44. The lowest BCUT2D eigenvalue weighted by Gasteiger charge is -1.92. The number of carbonyl (C=O) groups is 1. The van der Waals surface area contributed by atoms with Gasteiger partial charge in [0.25, 0.3) is 0 Å². The summed E-state index contributed by atoms with van der Waals surface area (Å²) in [5, 5.41) is 10.6. The minimum absolute atomic E-state index is 0.00600. The van der Waals surface area contributed by atoms with Crippen LogP contribution in [0.25, 0.3) is 16.4 Å². The highest BCUT2D eigenvalue weighted by Crippen LogP contribution is 2.24. The van der Waals surface area contributed by atoms with Crippen LogP contribution in [0, 0.1) is 0 Å². The van der Waals surface area contributed by atoms with Crippen LogP contribution >= 0.6 is 11.3 Å². The Hall–Kier alpha value is -2.08. The molecule has 5 nitrogen and oxygen atoms in total. The number of hydrogen-bond acceptors (Lipinski definition) is 4. The zero-order valence-electron chi connectivity index (χ0n) is 8.66. The summed E-state index contributed by atoms with van der Waals surface area (Å²) in [4.78, 5) is 15.8. The van der Waals surface area contributed by atoms with Gasteiger partial charge in [-0.1, -0.05) is 0 Å². The van der Waals surface area contributed by atoms with Crippen molar-refractivity contribution < 1.29 is 14.3 Å². The van der Waals surface area contributed by atoms with Gasteiger partial charge in [0.05, 0.1) is 12.7 Å². The SMILES string of the molecule is O=C(O)Cc1csc2nc(-c3ccco3)cn12. The number of carboxylic acids is 1. The van der Waals surface area contributed by atoms with Gasteiger partial charge < -0.3 is 9.52 Å². The van der Waals surface area contributed by atoms with E-state index in [1.54, 1.807) is 22.9 Å². The second kappa shape index (κ2) is 3.74. The third-order valence-corrected chi connectivity index (χ3v) is 3.28. The maximum Gasteiger partial charge on any atom is 0.309 e.